The number of nitrogens with one attached hydrogen (secondary N) is 1. The highest BCUT2D eigenvalue weighted by Crippen LogP contribution is 2.34. The molecule has 1 heterocycles. The van der Waals surface area contributed by atoms with Crippen molar-refractivity contribution in [1.29, 1.82) is 0 Å². The summed E-state index contributed by atoms with van der Waals surface area (Å²) in [5, 5.41) is 1.09. The highest BCUT2D eigenvalue weighted by Gasteiger charge is 2.26. The third-order valence-electron chi connectivity index (χ3n) is 4.93. The normalized spacial score (nSPS) is 21.2. The van der Waals surface area contributed by atoms with Crippen molar-refractivity contribution < 1.29 is 12.6 Å². The zero-order valence-electron chi connectivity index (χ0n) is 15.0. The van der Waals surface area contributed by atoms with E-state index in [9.17, 15) is 13.2 Å². The maximum absolute atomic E-state index is 12.2. The maximum atomic E-state index is 12.2. The predicted octanol–water partition coefficient (Wildman–Crippen LogP) is 3.00. The summed E-state index contributed by atoms with van der Waals surface area (Å²) in [4.78, 5) is 19.7. The fourth-order valence-electron chi connectivity index (χ4n) is 3.44. The van der Waals surface area contributed by atoms with Gasteiger partial charge in [-0.1, -0.05) is 12.1 Å². The van der Waals surface area contributed by atoms with Gasteiger partial charge in [0.05, 0.1) is 29.5 Å². The number of hydrogen-bond donors (Lipinski definition) is 1. The van der Waals surface area contributed by atoms with Crippen LogP contribution in [0.15, 0.2) is 23.0 Å². The molecule has 142 valence electrons. The van der Waals surface area contributed by atoms with Crippen molar-refractivity contribution in [3.8, 4) is 0 Å². The maximum Gasteiger partial charge on any atom is 0.267 e. The van der Waals surface area contributed by atoms with E-state index in [0.29, 0.717) is 22.2 Å². The van der Waals surface area contributed by atoms with Gasteiger partial charge in [0.1, 0.15) is 5.82 Å². The van der Waals surface area contributed by atoms with E-state index in [0.717, 1.165) is 36.8 Å². The second-order valence-corrected chi connectivity index (χ2v) is 9.90. The van der Waals surface area contributed by atoms with Crippen LogP contribution in [0.2, 0.25) is 0 Å². The molecule has 1 aliphatic rings. The molecule has 0 saturated heterocycles. The van der Waals surface area contributed by atoms with E-state index in [1.165, 1.54) is 7.11 Å². The smallest absolute Gasteiger partial charge is 0.267 e. The third-order valence-corrected chi connectivity index (χ3v) is 7.70. The molecule has 0 atom stereocenters. The van der Waals surface area contributed by atoms with Crippen molar-refractivity contribution in [3.63, 3.8) is 0 Å². The first kappa shape index (κ1) is 19.4. The number of hydrogen-bond acceptors (Lipinski definition) is 6. The third kappa shape index (κ3) is 4.66. The predicted molar refractivity (Wildman–Crippen MR) is 105 cm³/mol. The molecule has 6 nitrogen and oxygen atoms in total. The van der Waals surface area contributed by atoms with E-state index in [1.54, 1.807) is 17.8 Å². The number of aryl methyl sites for hydroxylation is 1. The van der Waals surface area contributed by atoms with E-state index in [2.05, 4.69) is 14.2 Å². The van der Waals surface area contributed by atoms with Gasteiger partial charge in [-0.2, -0.15) is 20.2 Å². The quantitative estimate of drug-likeness (QED) is 0.755. The number of rotatable bonds is 6. The number of aromatic nitrogens is 2. The molecule has 26 heavy (non-hydrogen) atoms. The van der Waals surface area contributed by atoms with Crippen molar-refractivity contribution in [2.45, 2.75) is 43.6 Å². The fraction of sp³-hybridized carbons (Fsp3) is 0.556. The van der Waals surface area contributed by atoms with Crippen molar-refractivity contribution >= 4 is 32.8 Å². The van der Waals surface area contributed by atoms with Crippen molar-refractivity contribution in [2.75, 3.05) is 12.9 Å². The first-order valence-electron chi connectivity index (χ1n) is 8.76. The van der Waals surface area contributed by atoms with Crippen molar-refractivity contribution in [3.05, 3.63) is 39.9 Å². The van der Waals surface area contributed by atoms with Crippen molar-refractivity contribution in [2.24, 2.45) is 5.92 Å². The Kier molecular flexibility index (Phi) is 6.04. The molecular weight excluding hydrogens is 372 g/mol. The molecule has 1 N–H and O–H groups in total. The molecule has 3 rings (SSSR count). The lowest BCUT2D eigenvalue weighted by atomic mass is 9.90. The molecule has 8 heteroatoms. The second kappa shape index (κ2) is 8.10. The van der Waals surface area contributed by atoms with Gasteiger partial charge in [-0.3, -0.25) is 8.98 Å². The summed E-state index contributed by atoms with van der Waals surface area (Å²) in [5.41, 5.74) is 1.67. The summed E-state index contributed by atoms with van der Waals surface area (Å²) in [6.07, 6.45) is 3.74. The van der Waals surface area contributed by atoms with Crippen LogP contribution in [0.4, 0.5) is 0 Å². The van der Waals surface area contributed by atoms with E-state index in [1.807, 2.05) is 19.1 Å². The van der Waals surface area contributed by atoms with Crippen LogP contribution in [-0.4, -0.2) is 36.5 Å². The summed E-state index contributed by atoms with van der Waals surface area (Å²) in [6.45, 7) is 1.96. The first-order valence-corrected chi connectivity index (χ1v) is 11.4. The van der Waals surface area contributed by atoms with Crippen LogP contribution < -0.4 is 5.56 Å². The second-order valence-electron chi connectivity index (χ2n) is 6.83. The minimum Gasteiger partial charge on any atom is -0.309 e. The van der Waals surface area contributed by atoms with Gasteiger partial charge in [-0.05, 0) is 50.2 Å². The Morgan fingerprint density at radius 2 is 2.00 bits per heavy atom. The van der Waals surface area contributed by atoms with Gasteiger partial charge in [-0.15, -0.1) is 0 Å². The van der Waals surface area contributed by atoms with Crippen LogP contribution >= 0.6 is 11.8 Å². The highest BCUT2D eigenvalue weighted by molar-refractivity contribution is 7.99. The summed E-state index contributed by atoms with van der Waals surface area (Å²) in [6, 6.07) is 5.62. The standard InChI is InChI=1S/C18H24N2O4S2/c1-12-4-3-5-15-17(12)19-16(20-18(15)21)10-25-14-8-6-13(7-9-14)11-26(22,23)24-2/h3-5,13-14H,6-11H2,1-2H3,(H,19,20,21). The average molecular weight is 397 g/mol. The van der Waals surface area contributed by atoms with Crippen LogP contribution in [-0.2, 0) is 20.1 Å². The van der Waals surface area contributed by atoms with E-state index < -0.39 is 10.1 Å². The topological polar surface area (TPSA) is 89.1 Å². The van der Waals surface area contributed by atoms with Gasteiger partial charge in [0, 0.05) is 5.25 Å². The van der Waals surface area contributed by atoms with Gasteiger partial charge in [-0.25, -0.2) is 4.98 Å². The Balaban J connectivity index is 1.58. The average Bonchev–Trinajstić information content (AvgIpc) is 2.62. The van der Waals surface area contributed by atoms with E-state index in [-0.39, 0.29) is 17.2 Å². The minimum atomic E-state index is -3.38. The van der Waals surface area contributed by atoms with Gasteiger partial charge in [0.25, 0.3) is 15.7 Å². The molecule has 2 aromatic rings. The largest absolute Gasteiger partial charge is 0.309 e. The zero-order valence-corrected chi connectivity index (χ0v) is 16.7. The molecule has 0 spiro atoms. The molecule has 0 unspecified atom stereocenters. The lowest BCUT2D eigenvalue weighted by molar-refractivity contribution is 0.358. The van der Waals surface area contributed by atoms with E-state index in [4.69, 9.17) is 0 Å². The number of H-pyrrole nitrogens is 1. The van der Waals surface area contributed by atoms with Crippen LogP contribution in [0, 0.1) is 12.8 Å². The molecule has 0 amide bonds. The number of benzene rings is 1. The zero-order chi connectivity index (χ0) is 18.7. The Bertz CT molecular complexity index is 932. The van der Waals surface area contributed by atoms with Gasteiger partial charge < -0.3 is 4.98 Å². The molecule has 1 aliphatic carbocycles. The molecule has 1 aromatic heterocycles. The Labute approximate surface area is 157 Å². The molecule has 1 fully saturated rings. The molecule has 0 radical (unpaired) electrons. The summed E-state index contributed by atoms with van der Waals surface area (Å²) in [5.74, 6) is 1.65. The molecule has 0 aliphatic heterocycles. The number of thioether (sulfide) groups is 1. The number of para-hydroxylation sites is 1. The van der Waals surface area contributed by atoms with Gasteiger partial charge in [0.2, 0.25) is 0 Å². The van der Waals surface area contributed by atoms with Crippen LogP contribution in [0.25, 0.3) is 10.9 Å². The number of nitrogens with zero attached hydrogens (tertiary/aromatic N) is 1. The van der Waals surface area contributed by atoms with Crippen molar-refractivity contribution in [1.82, 2.24) is 9.97 Å². The Hall–Kier alpha value is -1.38. The molecule has 1 aromatic carbocycles. The summed E-state index contributed by atoms with van der Waals surface area (Å²) in [7, 11) is -2.16. The molecule has 1 saturated carbocycles. The van der Waals surface area contributed by atoms with Gasteiger partial charge >= 0.3 is 0 Å². The summed E-state index contributed by atoms with van der Waals surface area (Å²) < 4.78 is 27.7. The fourth-order valence-corrected chi connectivity index (χ4v) is 5.62. The van der Waals surface area contributed by atoms with E-state index >= 15 is 0 Å². The monoisotopic (exact) mass is 396 g/mol. The SMILES string of the molecule is COS(=O)(=O)CC1CCC(SCc2nc3c(C)cccc3c(=O)[nH]2)CC1. The molecule has 0 bridgehead atoms. The van der Waals surface area contributed by atoms with Gasteiger partial charge in [0.15, 0.2) is 0 Å². The van der Waals surface area contributed by atoms with Crippen LogP contribution in [0.3, 0.4) is 0 Å². The first-order chi connectivity index (χ1) is 12.4. The van der Waals surface area contributed by atoms with Crippen LogP contribution in [0.5, 0.6) is 0 Å². The summed E-state index contributed by atoms with van der Waals surface area (Å²) >= 11 is 1.79. The lowest BCUT2D eigenvalue weighted by Gasteiger charge is -2.27. The highest BCUT2D eigenvalue weighted by atomic mass is 32.2. The number of aromatic amines is 1. The lowest BCUT2D eigenvalue weighted by Crippen LogP contribution is -2.24. The number of fused-ring (bicyclic) bond motifs is 1. The molecular formula is C18H24N2O4S2. The minimum absolute atomic E-state index is 0.0946. The van der Waals surface area contributed by atoms with Crippen LogP contribution in [0.1, 0.15) is 37.1 Å². The Morgan fingerprint density at radius 1 is 1.27 bits per heavy atom. The Morgan fingerprint density at radius 3 is 2.69 bits per heavy atom.